The molecule has 62 heavy (non-hydrogen) atoms. The molecule has 0 saturated carbocycles. The van der Waals surface area contributed by atoms with Crippen molar-refractivity contribution >= 4 is 72.0 Å². The van der Waals surface area contributed by atoms with Gasteiger partial charge in [0.15, 0.2) is 28.8 Å². The van der Waals surface area contributed by atoms with Gasteiger partial charge >= 0.3 is 0 Å². The summed E-state index contributed by atoms with van der Waals surface area (Å²) in [6.07, 6.45) is 0. The maximum absolute atomic E-state index is 6.83. The van der Waals surface area contributed by atoms with Gasteiger partial charge in [-0.3, -0.25) is 9.98 Å². The third-order valence-electron chi connectivity index (χ3n) is 8.30. The van der Waals surface area contributed by atoms with Gasteiger partial charge in [-0.1, -0.05) is 43.2 Å². The van der Waals surface area contributed by atoms with Crippen molar-refractivity contribution in [1.29, 1.82) is 0 Å². The molecule has 8 N–H and O–H groups in total. The first-order valence-corrected chi connectivity index (χ1v) is 29.6. The number of ether oxygens (including phenoxy) is 2. The number of nitrogens with zero attached hydrogens (tertiary/aromatic N) is 6. The van der Waals surface area contributed by atoms with Crippen LogP contribution in [0.4, 0.5) is 0 Å². The molecule has 0 aliphatic carbocycles. The lowest BCUT2D eigenvalue weighted by Gasteiger charge is -2.48. The molecule has 0 spiro atoms. The Bertz CT molecular complexity index is 1110. The van der Waals surface area contributed by atoms with Crippen molar-refractivity contribution in [3.63, 3.8) is 0 Å². The Morgan fingerprint density at radius 1 is 0.484 bits per heavy atom. The highest BCUT2D eigenvalue weighted by molar-refractivity contribution is 8.77. The molecule has 0 bridgehead atoms. The summed E-state index contributed by atoms with van der Waals surface area (Å²) in [5, 5.41) is 0. The van der Waals surface area contributed by atoms with Crippen LogP contribution in [0.15, 0.2) is 9.98 Å². The third kappa shape index (κ3) is 30.0. The van der Waals surface area contributed by atoms with E-state index >= 15 is 0 Å². The van der Waals surface area contributed by atoms with Crippen LogP contribution in [0, 0.1) is 0 Å². The molecule has 0 radical (unpaired) electrons. The zero-order chi connectivity index (χ0) is 48.4. The second-order valence-electron chi connectivity index (χ2n) is 18.5. The van der Waals surface area contributed by atoms with Gasteiger partial charge in [0.2, 0.25) is 0 Å². The minimum Gasteiger partial charge on any atom is -0.378 e. The summed E-state index contributed by atoms with van der Waals surface area (Å²) in [5.74, 6) is 2.99. The monoisotopic (exact) mass is 995 g/mol. The Morgan fingerprint density at radius 2 is 0.839 bits per heavy atom. The molecule has 0 aliphatic heterocycles. The van der Waals surface area contributed by atoms with Crippen molar-refractivity contribution in [2.24, 2.45) is 32.9 Å². The van der Waals surface area contributed by atoms with Gasteiger partial charge in [0, 0.05) is 70.3 Å². The number of hydrogen-bond acceptors (Lipinski definition) is 14. The average molecular weight is 996 g/mol. The molecule has 0 fully saturated rings. The SMILES string of the molecule is CC(C)N(C(C)C)P(OC(C)(C)COCCSSCCN=C(N)N)N(C(C)C)C(C)C.CC(C)N(C(C)C)P(OCCOCC(C)(C)SSCCN=C(N)N)N(C(C)C)C(C)C. The van der Waals surface area contributed by atoms with E-state index in [1.807, 2.05) is 10.8 Å². The minimum absolute atomic E-state index is 0.0111. The summed E-state index contributed by atoms with van der Waals surface area (Å²) < 4.78 is 35.4. The predicted molar refractivity (Wildman–Crippen MR) is 285 cm³/mol. The standard InChI is InChI=1S/2C21H48N5O2PS2/c1-16(2)25(17(3)4)29(26(18(5)6)19(7)8)28-13-12-27-15-21(9,10)31-30-14-11-24-20(22)23;1-16(2)25(17(3)4)29(26(18(5)6)19(7)8)28-21(9,10)15-27-12-14-31-30-13-11-24-20(22)23/h2*16-19H,11-15H2,1-10H3,(H4,22,23,24). The number of guanidine groups is 2. The fraction of sp³-hybridized carbons (Fsp3) is 0.952. The normalized spacial score (nSPS) is 13.1. The Hall–Kier alpha value is 0.480. The van der Waals surface area contributed by atoms with Gasteiger partial charge < -0.3 is 41.5 Å². The maximum atomic E-state index is 6.83. The van der Waals surface area contributed by atoms with E-state index < -0.39 is 16.9 Å². The van der Waals surface area contributed by atoms with Crippen LogP contribution in [-0.4, -0.2) is 153 Å². The van der Waals surface area contributed by atoms with E-state index in [0.717, 1.165) is 17.3 Å². The Labute approximate surface area is 400 Å². The van der Waals surface area contributed by atoms with E-state index in [-0.39, 0.29) is 22.3 Å². The lowest BCUT2D eigenvalue weighted by molar-refractivity contribution is -0.00526. The van der Waals surface area contributed by atoms with Crippen LogP contribution in [0.25, 0.3) is 0 Å². The Morgan fingerprint density at radius 3 is 1.23 bits per heavy atom. The van der Waals surface area contributed by atoms with E-state index in [9.17, 15) is 0 Å². The fourth-order valence-corrected chi connectivity index (χ4v) is 15.2. The number of rotatable bonds is 34. The molecule has 0 heterocycles. The van der Waals surface area contributed by atoms with E-state index in [1.54, 1.807) is 32.4 Å². The third-order valence-corrected chi connectivity index (χ3v) is 20.2. The van der Waals surface area contributed by atoms with Gasteiger partial charge in [0.25, 0.3) is 0 Å². The topological polar surface area (TPSA) is 179 Å². The van der Waals surface area contributed by atoms with Gasteiger partial charge in [-0.25, -0.2) is 18.7 Å². The van der Waals surface area contributed by atoms with E-state index in [0.29, 0.717) is 94.5 Å². The van der Waals surface area contributed by atoms with Crippen LogP contribution in [0.5, 0.6) is 0 Å². The lowest BCUT2D eigenvalue weighted by Crippen LogP contribution is -2.46. The molecule has 20 heteroatoms. The van der Waals surface area contributed by atoms with Crippen LogP contribution in [-0.2, 0) is 18.5 Å². The number of aliphatic imine (C=N–C) groups is 2. The molecular weight excluding hydrogens is 899 g/mol. The fourth-order valence-electron chi connectivity index (χ4n) is 6.35. The van der Waals surface area contributed by atoms with Gasteiger partial charge in [-0.05, 0) is 138 Å². The van der Waals surface area contributed by atoms with E-state index in [4.69, 9.17) is 41.5 Å². The molecule has 0 amide bonds. The molecular formula is C42H96N10O4P2S4. The van der Waals surface area contributed by atoms with E-state index in [1.165, 1.54) is 0 Å². The predicted octanol–water partition coefficient (Wildman–Crippen LogP) is 9.84. The molecule has 0 saturated heterocycles. The zero-order valence-electron chi connectivity index (χ0n) is 42.8. The second kappa shape index (κ2) is 34.7. The lowest BCUT2D eigenvalue weighted by atomic mass is 10.2. The van der Waals surface area contributed by atoms with E-state index in [2.05, 4.69) is 167 Å². The molecule has 0 rings (SSSR count). The number of hydrogen-bond donors (Lipinski definition) is 4. The first-order chi connectivity index (χ1) is 28.6. The van der Waals surface area contributed by atoms with Gasteiger partial charge in [-0.15, -0.1) is 0 Å². The molecule has 372 valence electrons. The summed E-state index contributed by atoms with van der Waals surface area (Å²) in [6.45, 7) is 49.1. The van der Waals surface area contributed by atoms with Crippen molar-refractivity contribution in [1.82, 2.24) is 18.7 Å². The van der Waals surface area contributed by atoms with Gasteiger partial charge in [0.1, 0.15) is 0 Å². The largest absolute Gasteiger partial charge is 0.378 e. The summed E-state index contributed by atoms with van der Waals surface area (Å²) in [5.41, 5.74) is 21.0. The van der Waals surface area contributed by atoms with Crippen molar-refractivity contribution in [2.75, 3.05) is 63.4 Å². The summed E-state index contributed by atoms with van der Waals surface area (Å²) in [7, 11) is 5.33. The first-order valence-electron chi connectivity index (χ1n) is 22.5. The molecule has 0 aromatic carbocycles. The highest BCUT2D eigenvalue weighted by Gasteiger charge is 2.39. The van der Waals surface area contributed by atoms with Gasteiger partial charge in [-0.2, -0.15) is 0 Å². The molecule has 0 unspecified atom stereocenters. The number of nitrogens with two attached hydrogens (primary N) is 4. The van der Waals surface area contributed by atoms with Crippen molar-refractivity contribution in [3.8, 4) is 0 Å². The average Bonchev–Trinajstić information content (AvgIpc) is 3.09. The molecule has 0 aromatic heterocycles. The highest BCUT2D eigenvalue weighted by Crippen LogP contribution is 2.53. The maximum Gasteiger partial charge on any atom is 0.189 e. The van der Waals surface area contributed by atoms with Crippen LogP contribution < -0.4 is 22.9 Å². The Balaban J connectivity index is 0. The molecule has 0 atom stereocenters. The molecule has 0 aromatic rings. The van der Waals surface area contributed by atoms with Crippen LogP contribution in [0.2, 0.25) is 0 Å². The summed E-state index contributed by atoms with van der Waals surface area (Å²) in [6, 6.07) is 3.25. The zero-order valence-corrected chi connectivity index (χ0v) is 47.9. The quantitative estimate of drug-likeness (QED) is 0.0157. The van der Waals surface area contributed by atoms with Crippen LogP contribution >= 0.6 is 60.1 Å². The molecule has 0 aliphatic rings. The highest BCUT2D eigenvalue weighted by atomic mass is 33.1. The van der Waals surface area contributed by atoms with Crippen molar-refractivity contribution in [2.45, 2.75) is 197 Å². The molecule has 14 nitrogen and oxygen atoms in total. The Kier molecular flexibility index (Phi) is 36.2. The van der Waals surface area contributed by atoms with Crippen LogP contribution in [0.1, 0.15) is 138 Å². The second-order valence-corrected chi connectivity index (χ2v) is 27.6. The van der Waals surface area contributed by atoms with Crippen molar-refractivity contribution in [3.05, 3.63) is 0 Å². The van der Waals surface area contributed by atoms with Crippen molar-refractivity contribution < 1.29 is 18.5 Å². The summed E-state index contributed by atoms with van der Waals surface area (Å²) in [4.78, 5) is 7.99. The van der Waals surface area contributed by atoms with Gasteiger partial charge in [0.05, 0.1) is 51.7 Å². The summed E-state index contributed by atoms with van der Waals surface area (Å²) >= 11 is 0. The first kappa shape index (κ1) is 64.6. The van der Waals surface area contributed by atoms with Crippen LogP contribution in [0.3, 0.4) is 0 Å². The minimum atomic E-state index is -0.929. The smallest absolute Gasteiger partial charge is 0.189 e.